The van der Waals surface area contributed by atoms with E-state index >= 15 is 0 Å². The lowest BCUT2D eigenvalue weighted by Crippen LogP contribution is -2.39. The number of hydrogen-bond donors (Lipinski definition) is 2. The van der Waals surface area contributed by atoms with Gasteiger partial charge in [0.2, 0.25) is 0 Å². The molecule has 1 amide bonds. The number of guanidine groups is 1. The molecule has 1 aliphatic carbocycles. The van der Waals surface area contributed by atoms with Crippen molar-refractivity contribution in [1.29, 1.82) is 0 Å². The number of aryl methyl sites for hydroxylation is 1. The molecule has 0 unspecified atom stereocenters. The summed E-state index contributed by atoms with van der Waals surface area (Å²) in [5, 5.41) is 6.59. The lowest BCUT2D eigenvalue weighted by atomic mass is 10.1. The average Bonchev–Trinajstić information content (AvgIpc) is 3.46. The number of methoxy groups -OCH3 is 1. The van der Waals surface area contributed by atoms with Crippen LogP contribution in [0, 0.1) is 6.92 Å². The Hall–Kier alpha value is -2.28. The second-order valence-corrected chi connectivity index (χ2v) is 8.40. The molecule has 0 aromatic heterocycles. The molecule has 1 fully saturated rings. The van der Waals surface area contributed by atoms with E-state index in [0.29, 0.717) is 6.54 Å². The van der Waals surface area contributed by atoms with Crippen LogP contribution in [0.2, 0.25) is 0 Å². The van der Waals surface area contributed by atoms with Gasteiger partial charge in [0.05, 0.1) is 5.69 Å². The number of rotatable bonds is 8. The number of nitrogens with one attached hydrogen (secondary N) is 2. The van der Waals surface area contributed by atoms with Gasteiger partial charge in [0.1, 0.15) is 5.60 Å². The molecule has 1 aromatic carbocycles. The molecule has 0 heterocycles. The molecule has 1 aromatic rings. The summed E-state index contributed by atoms with van der Waals surface area (Å²) in [5.41, 5.74) is 2.61. The SMILES string of the molecule is CN=C(NCCCOC)NCc1ccc(N(C(=O)OC(C)(C)C)C2CC2)c(C)c1. The number of carbonyl (C=O) groups excluding carboxylic acids is 1. The normalized spacial score (nSPS) is 14.5. The van der Waals surface area contributed by atoms with Crippen molar-refractivity contribution >= 4 is 17.7 Å². The summed E-state index contributed by atoms with van der Waals surface area (Å²) in [4.78, 5) is 18.8. The van der Waals surface area contributed by atoms with Gasteiger partial charge in [-0.15, -0.1) is 0 Å². The van der Waals surface area contributed by atoms with Gasteiger partial charge in [0.25, 0.3) is 0 Å². The van der Waals surface area contributed by atoms with Crippen LogP contribution in [0.4, 0.5) is 10.5 Å². The molecule has 2 N–H and O–H groups in total. The van der Waals surface area contributed by atoms with Gasteiger partial charge in [-0.3, -0.25) is 9.89 Å². The van der Waals surface area contributed by atoms with Crippen molar-refractivity contribution in [2.45, 2.75) is 65.1 Å². The molecule has 0 bridgehead atoms. The summed E-state index contributed by atoms with van der Waals surface area (Å²) in [6.45, 7) is 9.91. The fourth-order valence-corrected chi connectivity index (χ4v) is 3.02. The van der Waals surface area contributed by atoms with Crippen molar-refractivity contribution < 1.29 is 14.3 Å². The minimum atomic E-state index is -0.506. The maximum absolute atomic E-state index is 12.7. The summed E-state index contributed by atoms with van der Waals surface area (Å²) in [6.07, 6.45) is 2.70. The Kier molecular flexibility index (Phi) is 8.32. The molecule has 1 aliphatic rings. The van der Waals surface area contributed by atoms with Crippen LogP contribution in [-0.2, 0) is 16.0 Å². The van der Waals surface area contributed by atoms with Crippen LogP contribution in [0.15, 0.2) is 23.2 Å². The molecule has 7 nitrogen and oxygen atoms in total. The maximum Gasteiger partial charge on any atom is 0.415 e. The first-order chi connectivity index (χ1) is 13.7. The first-order valence-corrected chi connectivity index (χ1v) is 10.3. The van der Waals surface area contributed by atoms with Gasteiger partial charge in [-0.2, -0.15) is 0 Å². The average molecular weight is 405 g/mol. The van der Waals surface area contributed by atoms with E-state index < -0.39 is 5.60 Å². The van der Waals surface area contributed by atoms with E-state index in [0.717, 1.165) is 55.2 Å². The van der Waals surface area contributed by atoms with Crippen LogP contribution in [0.1, 0.15) is 51.2 Å². The Labute approximate surface area is 174 Å². The van der Waals surface area contributed by atoms with E-state index in [9.17, 15) is 4.79 Å². The van der Waals surface area contributed by atoms with Gasteiger partial charge < -0.3 is 20.1 Å². The Morgan fingerprint density at radius 1 is 1.28 bits per heavy atom. The Morgan fingerprint density at radius 3 is 2.55 bits per heavy atom. The van der Waals surface area contributed by atoms with Crippen LogP contribution < -0.4 is 15.5 Å². The Balaban J connectivity index is 2.00. The summed E-state index contributed by atoms with van der Waals surface area (Å²) in [5.74, 6) is 0.760. The third kappa shape index (κ3) is 7.57. The van der Waals surface area contributed by atoms with Crippen molar-refractivity contribution in [3.05, 3.63) is 29.3 Å². The van der Waals surface area contributed by atoms with E-state index in [-0.39, 0.29) is 12.1 Å². The minimum Gasteiger partial charge on any atom is -0.443 e. The monoisotopic (exact) mass is 404 g/mol. The second kappa shape index (κ2) is 10.5. The van der Waals surface area contributed by atoms with E-state index in [2.05, 4.69) is 21.7 Å². The smallest absolute Gasteiger partial charge is 0.415 e. The summed E-state index contributed by atoms with van der Waals surface area (Å²) >= 11 is 0. The highest BCUT2D eigenvalue weighted by atomic mass is 16.6. The lowest BCUT2D eigenvalue weighted by Gasteiger charge is -2.28. The third-order valence-corrected chi connectivity index (χ3v) is 4.52. The highest BCUT2D eigenvalue weighted by molar-refractivity contribution is 5.90. The van der Waals surface area contributed by atoms with Gasteiger partial charge in [0.15, 0.2) is 5.96 Å². The Morgan fingerprint density at radius 2 is 2.00 bits per heavy atom. The number of ether oxygens (including phenoxy) is 2. The van der Waals surface area contributed by atoms with E-state index in [4.69, 9.17) is 9.47 Å². The van der Waals surface area contributed by atoms with Crippen LogP contribution in [0.5, 0.6) is 0 Å². The summed E-state index contributed by atoms with van der Waals surface area (Å²) < 4.78 is 10.7. The van der Waals surface area contributed by atoms with Gasteiger partial charge in [-0.25, -0.2) is 4.79 Å². The number of carbonyl (C=O) groups is 1. The topological polar surface area (TPSA) is 75.2 Å². The van der Waals surface area contributed by atoms with Crippen LogP contribution in [0.25, 0.3) is 0 Å². The zero-order valence-corrected chi connectivity index (χ0v) is 18.7. The van der Waals surface area contributed by atoms with Gasteiger partial charge >= 0.3 is 6.09 Å². The van der Waals surface area contributed by atoms with Gasteiger partial charge in [-0.1, -0.05) is 12.1 Å². The van der Waals surface area contributed by atoms with E-state index in [1.54, 1.807) is 14.2 Å². The number of nitrogens with zero attached hydrogens (tertiary/aromatic N) is 2. The largest absolute Gasteiger partial charge is 0.443 e. The number of anilines is 1. The fraction of sp³-hybridized carbons (Fsp3) is 0.636. The van der Waals surface area contributed by atoms with Crippen molar-refractivity contribution in [3.63, 3.8) is 0 Å². The standard InChI is InChI=1S/C22H36N4O3/c1-16-14-17(15-25-20(23-5)24-12-7-13-28-6)8-11-19(16)26(18-9-10-18)21(27)29-22(2,3)4/h8,11,14,18H,7,9-10,12-13,15H2,1-6H3,(H2,23,24,25). The molecule has 1 saturated carbocycles. The van der Waals surface area contributed by atoms with E-state index in [1.807, 2.05) is 44.7 Å². The predicted octanol–water partition coefficient (Wildman–Crippen LogP) is 3.60. The third-order valence-electron chi connectivity index (χ3n) is 4.52. The highest BCUT2D eigenvalue weighted by Crippen LogP contribution is 2.35. The zero-order chi connectivity index (χ0) is 21.4. The van der Waals surface area contributed by atoms with Crippen molar-refractivity contribution in [2.75, 3.05) is 32.2 Å². The molecule has 162 valence electrons. The van der Waals surface area contributed by atoms with Gasteiger partial charge in [-0.05, 0) is 64.2 Å². The summed E-state index contributed by atoms with van der Waals surface area (Å²) in [6, 6.07) is 6.42. The number of amides is 1. The lowest BCUT2D eigenvalue weighted by molar-refractivity contribution is 0.0577. The summed E-state index contributed by atoms with van der Waals surface area (Å²) in [7, 11) is 3.46. The molecule has 0 spiro atoms. The molecule has 0 saturated heterocycles. The van der Waals surface area contributed by atoms with Crippen LogP contribution in [0.3, 0.4) is 0 Å². The highest BCUT2D eigenvalue weighted by Gasteiger charge is 2.37. The Bertz CT molecular complexity index is 708. The second-order valence-electron chi connectivity index (χ2n) is 8.40. The molecule has 2 rings (SSSR count). The molecule has 7 heteroatoms. The first-order valence-electron chi connectivity index (χ1n) is 10.3. The molecule has 0 radical (unpaired) electrons. The predicted molar refractivity (Wildman–Crippen MR) is 118 cm³/mol. The maximum atomic E-state index is 12.7. The molecular formula is C22H36N4O3. The number of aliphatic imine (C=N–C) groups is 1. The van der Waals surface area contributed by atoms with Gasteiger partial charge in [0, 0.05) is 39.9 Å². The van der Waals surface area contributed by atoms with Crippen LogP contribution in [-0.4, -0.2) is 51.0 Å². The number of hydrogen-bond acceptors (Lipinski definition) is 4. The van der Waals surface area contributed by atoms with Crippen molar-refractivity contribution in [3.8, 4) is 0 Å². The van der Waals surface area contributed by atoms with Crippen molar-refractivity contribution in [2.24, 2.45) is 4.99 Å². The quantitative estimate of drug-likeness (QED) is 0.393. The van der Waals surface area contributed by atoms with Crippen molar-refractivity contribution in [1.82, 2.24) is 10.6 Å². The molecule has 29 heavy (non-hydrogen) atoms. The van der Waals surface area contributed by atoms with Crippen LogP contribution >= 0.6 is 0 Å². The first kappa shape index (κ1) is 23.0. The van der Waals surface area contributed by atoms with E-state index in [1.165, 1.54) is 0 Å². The molecule has 0 aliphatic heterocycles. The number of benzene rings is 1. The molecule has 0 atom stereocenters. The minimum absolute atomic E-state index is 0.239. The fourth-order valence-electron chi connectivity index (χ4n) is 3.02. The zero-order valence-electron chi connectivity index (χ0n) is 18.7. The molecular weight excluding hydrogens is 368 g/mol.